The number of hydrogen-bond donors (Lipinski definition) is 1. The molecule has 22 heavy (non-hydrogen) atoms. The summed E-state index contributed by atoms with van der Waals surface area (Å²) < 4.78 is 32.1. The van der Waals surface area contributed by atoms with Crippen LogP contribution in [-0.4, -0.2) is 33.8 Å². The Morgan fingerprint density at radius 2 is 1.82 bits per heavy atom. The Kier molecular flexibility index (Phi) is 5.05. The summed E-state index contributed by atoms with van der Waals surface area (Å²) in [6.45, 7) is 1.53. The molecule has 0 heterocycles. The van der Waals surface area contributed by atoms with Crippen molar-refractivity contribution in [2.45, 2.75) is 11.8 Å². The molecule has 0 radical (unpaired) electrons. The molecular weight excluding hydrogens is 302 g/mol. The van der Waals surface area contributed by atoms with Gasteiger partial charge >= 0.3 is 0 Å². The van der Waals surface area contributed by atoms with E-state index in [0.717, 1.165) is 5.56 Å². The molecule has 0 saturated heterocycles. The van der Waals surface area contributed by atoms with Gasteiger partial charge in [0.2, 0.25) is 0 Å². The van der Waals surface area contributed by atoms with Crippen LogP contribution in [-0.2, 0) is 10.0 Å². The number of anilines is 1. The van der Waals surface area contributed by atoms with Crippen LogP contribution in [0.3, 0.4) is 0 Å². The van der Waals surface area contributed by atoms with Crippen LogP contribution in [0.1, 0.15) is 5.56 Å². The summed E-state index contributed by atoms with van der Waals surface area (Å²) >= 11 is 0. The number of nitrogens with zero attached hydrogens (tertiary/aromatic N) is 1. The number of ether oxygens (including phenoxy) is 1. The van der Waals surface area contributed by atoms with E-state index in [1.807, 2.05) is 6.07 Å². The van der Waals surface area contributed by atoms with Gasteiger partial charge in [-0.25, -0.2) is 8.42 Å². The van der Waals surface area contributed by atoms with E-state index < -0.39 is 10.0 Å². The van der Waals surface area contributed by atoms with Gasteiger partial charge in [-0.2, -0.15) is 0 Å². The maximum absolute atomic E-state index is 12.8. The lowest BCUT2D eigenvalue weighted by Crippen LogP contribution is -2.33. The molecule has 5 nitrogen and oxygen atoms in total. The first-order valence-corrected chi connectivity index (χ1v) is 8.28. The largest absolute Gasteiger partial charge is 0.496 e. The van der Waals surface area contributed by atoms with Crippen LogP contribution in [0.15, 0.2) is 53.4 Å². The van der Waals surface area contributed by atoms with Crippen molar-refractivity contribution in [3.63, 3.8) is 0 Å². The molecule has 0 spiro atoms. The van der Waals surface area contributed by atoms with Gasteiger partial charge in [0.25, 0.3) is 10.0 Å². The minimum atomic E-state index is -3.75. The molecule has 0 aromatic heterocycles. The standard InChI is InChI=1S/C16H19NO4S/c1-13-12-15(8-9-16(13)21-2)22(19,20)17(10-11-18)14-6-4-3-5-7-14/h3-9,12,18H,10-11H2,1-2H3. The maximum atomic E-state index is 12.8. The number of aliphatic hydroxyl groups excluding tert-OH is 1. The summed E-state index contributed by atoms with van der Waals surface area (Å²) in [6.07, 6.45) is 0. The molecule has 2 aromatic rings. The minimum absolute atomic E-state index is 0.00256. The van der Waals surface area contributed by atoms with Gasteiger partial charge in [-0.15, -0.1) is 0 Å². The minimum Gasteiger partial charge on any atom is -0.496 e. The second-order valence-corrected chi connectivity index (χ2v) is 6.63. The molecule has 6 heteroatoms. The first-order valence-electron chi connectivity index (χ1n) is 6.84. The van der Waals surface area contributed by atoms with Crippen molar-refractivity contribution < 1.29 is 18.3 Å². The van der Waals surface area contributed by atoms with E-state index in [9.17, 15) is 13.5 Å². The van der Waals surface area contributed by atoms with Crippen LogP contribution in [0.5, 0.6) is 5.75 Å². The van der Waals surface area contributed by atoms with E-state index in [1.54, 1.807) is 50.4 Å². The van der Waals surface area contributed by atoms with Gasteiger partial charge in [0, 0.05) is 0 Å². The number of sulfonamides is 1. The van der Waals surface area contributed by atoms with E-state index in [4.69, 9.17) is 4.74 Å². The average Bonchev–Trinajstić information content (AvgIpc) is 2.53. The zero-order chi connectivity index (χ0) is 16.2. The van der Waals surface area contributed by atoms with Gasteiger partial charge in [-0.3, -0.25) is 4.31 Å². The highest BCUT2D eigenvalue weighted by Gasteiger charge is 2.25. The molecule has 2 rings (SSSR count). The summed E-state index contributed by atoms with van der Waals surface area (Å²) in [5, 5.41) is 9.22. The van der Waals surface area contributed by atoms with Crippen molar-refractivity contribution in [1.29, 1.82) is 0 Å². The highest BCUT2D eigenvalue weighted by molar-refractivity contribution is 7.92. The Morgan fingerprint density at radius 1 is 1.14 bits per heavy atom. The third kappa shape index (κ3) is 3.23. The lowest BCUT2D eigenvalue weighted by atomic mass is 10.2. The van der Waals surface area contributed by atoms with Gasteiger partial charge in [0.15, 0.2) is 0 Å². The molecule has 0 amide bonds. The van der Waals surface area contributed by atoms with Crippen LogP contribution in [0.2, 0.25) is 0 Å². The monoisotopic (exact) mass is 321 g/mol. The molecule has 0 fully saturated rings. The zero-order valence-electron chi connectivity index (χ0n) is 12.6. The molecule has 118 valence electrons. The molecule has 2 aromatic carbocycles. The summed E-state index contributed by atoms with van der Waals surface area (Å²) in [4.78, 5) is 0.170. The number of benzene rings is 2. The summed E-state index contributed by atoms with van der Waals surface area (Å²) in [6, 6.07) is 13.4. The number of aliphatic hydroxyl groups is 1. The summed E-state index contributed by atoms with van der Waals surface area (Å²) in [7, 11) is -2.21. The zero-order valence-corrected chi connectivity index (χ0v) is 13.4. The fourth-order valence-corrected chi connectivity index (χ4v) is 3.75. The lowest BCUT2D eigenvalue weighted by molar-refractivity contribution is 0.306. The predicted octanol–water partition coefficient (Wildman–Crippen LogP) is 2.19. The molecule has 0 unspecified atom stereocenters. The average molecular weight is 321 g/mol. The van der Waals surface area contributed by atoms with Crippen LogP contribution < -0.4 is 9.04 Å². The number of methoxy groups -OCH3 is 1. The van der Waals surface area contributed by atoms with Crippen LogP contribution in [0.4, 0.5) is 5.69 Å². The Bertz CT molecular complexity index is 729. The first-order chi connectivity index (χ1) is 10.5. The summed E-state index contributed by atoms with van der Waals surface area (Å²) in [5.74, 6) is 0.632. The first kappa shape index (κ1) is 16.3. The van der Waals surface area contributed by atoms with Crippen molar-refractivity contribution in [1.82, 2.24) is 0 Å². The Morgan fingerprint density at radius 3 is 2.36 bits per heavy atom. The lowest BCUT2D eigenvalue weighted by Gasteiger charge is -2.24. The number of hydrogen-bond acceptors (Lipinski definition) is 4. The second-order valence-electron chi connectivity index (χ2n) is 4.77. The highest BCUT2D eigenvalue weighted by atomic mass is 32.2. The second kappa shape index (κ2) is 6.81. The molecule has 0 aliphatic rings. The molecule has 0 aliphatic heterocycles. The van der Waals surface area contributed by atoms with Crippen LogP contribution in [0, 0.1) is 6.92 Å². The van der Waals surface area contributed by atoms with E-state index in [1.165, 1.54) is 10.4 Å². The van der Waals surface area contributed by atoms with Gasteiger partial charge < -0.3 is 9.84 Å². The number of rotatable bonds is 6. The van der Waals surface area contributed by atoms with Crippen LogP contribution >= 0.6 is 0 Å². The Labute approximate surface area is 130 Å². The molecule has 0 saturated carbocycles. The SMILES string of the molecule is COc1ccc(S(=O)(=O)N(CCO)c2ccccc2)cc1C. The predicted molar refractivity (Wildman–Crippen MR) is 85.8 cm³/mol. The van der Waals surface area contributed by atoms with Crippen LogP contribution in [0.25, 0.3) is 0 Å². The highest BCUT2D eigenvalue weighted by Crippen LogP contribution is 2.26. The quantitative estimate of drug-likeness (QED) is 0.885. The van der Waals surface area contributed by atoms with Gasteiger partial charge in [0.1, 0.15) is 5.75 Å². The summed E-state index contributed by atoms with van der Waals surface area (Å²) in [5.41, 5.74) is 1.26. The van der Waals surface area contributed by atoms with E-state index in [-0.39, 0.29) is 18.0 Å². The van der Waals surface area contributed by atoms with E-state index in [2.05, 4.69) is 0 Å². The Balaban J connectivity index is 2.48. The molecule has 1 N–H and O–H groups in total. The molecular formula is C16H19NO4S. The number of para-hydroxylation sites is 1. The fraction of sp³-hybridized carbons (Fsp3) is 0.250. The smallest absolute Gasteiger partial charge is 0.264 e. The van der Waals surface area contributed by atoms with Crippen molar-refractivity contribution >= 4 is 15.7 Å². The van der Waals surface area contributed by atoms with Gasteiger partial charge in [0.05, 0.1) is 30.8 Å². The number of aryl methyl sites for hydroxylation is 1. The topological polar surface area (TPSA) is 66.8 Å². The third-order valence-corrected chi connectivity index (χ3v) is 5.12. The maximum Gasteiger partial charge on any atom is 0.264 e. The van der Waals surface area contributed by atoms with E-state index >= 15 is 0 Å². The van der Waals surface area contributed by atoms with Crippen molar-refractivity contribution in [2.75, 3.05) is 24.6 Å². The Hall–Kier alpha value is -2.05. The fourth-order valence-electron chi connectivity index (χ4n) is 2.21. The van der Waals surface area contributed by atoms with E-state index in [0.29, 0.717) is 11.4 Å². The molecule has 0 atom stereocenters. The van der Waals surface area contributed by atoms with Gasteiger partial charge in [-0.05, 0) is 42.8 Å². The van der Waals surface area contributed by atoms with Crippen molar-refractivity contribution in [3.05, 3.63) is 54.1 Å². The van der Waals surface area contributed by atoms with Crippen molar-refractivity contribution in [2.24, 2.45) is 0 Å². The third-order valence-electron chi connectivity index (χ3n) is 3.30. The van der Waals surface area contributed by atoms with Crippen molar-refractivity contribution in [3.8, 4) is 5.75 Å². The molecule has 0 bridgehead atoms. The normalized spacial score (nSPS) is 11.2. The van der Waals surface area contributed by atoms with Gasteiger partial charge in [-0.1, -0.05) is 18.2 Å². The molecule has 0 aliphatic carbocycles.